The Balaban J connectivity index is 2.49. The van der Waals surface area contributed by atoms with Crippen molar-refractivity contribution in [3.8, 4) is 17.2 Å². The van der Waals surface area contributed by atoms with Gasteiger partial charge in [-0.25, -0.2) is 0 Å². The summed E-state index contributed by atoms with van der Waals surface area (Å²) < 4.78 is 15.9. The number of rotatable bonds is 6. The molecule has 0 aromatic heterocycles. The lowest BCUT2D eigenvalue weighted by Crippen LogP contribution is -2.21. The van der Waals surface area contributed by atoms with E-state index >= 15 is 0 Å². The van der Waals surface area contributed by atoms with Gasteiger partial charge in [-0.05, 0) is 42.9 Å². The van der Waals surface area contributed by atoms with Crippen LogP contribution >= 0.6 is 0 Å². The van der Waals surface area contributed by atoms with Crippen LogP contribution in [0.15, 0.2) is 24.3 Å². The molecular weight excluding hydrogens is 284 g/mol. The van der Waals surface area contributed by atoms with Gasteiger partial charge in [-0.2, -0.15) is 0 Å². The number of carbonyl (C=O) groups is 1. The summed E-state index contributed by atoms with van der Waals surface area (Å²) in [6.07, 6.45) is 6.95. The molecule has 0 spiro atoms. The molecular formula is C17H22O5. The molecule has 0 saturated heterocycles. The first-order valence-electron chi connectivity index (χ1n) is 7.31. The van der Waals surface area contributed by atoms with Crippen LogP contribution in [0.25, 0.3) is 0 Å². The van der Waals surface area contributed by atoms with Crippen LogP contribution in [-0.2, 0) is 4.79 Å². The standard InChI is InChI=1S/C17H22O5/c1-20-13-9-12(10-14(21-2)16(13)22-3)15(17(18)19)11-7-5-4-6-8-11/h5,7,9-11,15H,4,6,8H2,1-3H3,(H,18,19)/t11?,15-/m0/s1. The van der Waals surface area contributed by atoms with E-state index in [2.05, 4.69) is 6.08 Å². The summed E-state index contributed by atoms with van der Waals surface area (Å²) in [5.41, 5.74) is 0.665. The highest BCUT2D eigenvalue weighted by Gasteiger charge is 2.30. The van der Waals surface area contributed by atoms with Crippen molar-refractivity contribution in [3.63, 3.8) is 0 Å². The van der Waals surface area contributed by atoms with Gasteiger partial charge in [0.2, 0.25) is 5.75 Å². The van der Waals surface area contributed by atoms with Gasteiger partial charge in [0.05, 0.1) is 27.2 Å². The summed E-state index contributed by atoms with van der Waals surface area (Å²) in [6.45, 7) is 0. The van der Waals surface area contributed by atoms with E-state index in [4.69, 9.17) is 14.2 Å². The van der Waals surface area contributed by atoms with E-state index in [1.165, 1.54) is 21.3 Å². The Morgan fingerprint density at radius 1 is 1.18 bits per heavy atom. The summed E-state index contributed by atoms with van der Waals surface area (Å²) in [5.74, 6) is -0.0620. The lowest BCUT2D eigenvalue weighted by atomic mass is 9.80. The molecule has 1 aromatic carbocycles. The van der Waals surface area contributed by atoms with E-state index in [0.717, 1.165) is 19.3 Å². The van der Waals surface area contributed by atoms with E-state index in [-0.39, 0.29) is 5.92 Å². The van der Waals surface area contributed by atoms with Crippen molar-refractivity contribution in [1.82, 2.24) is 0 Å². The molecule has 0 bridgehead atoms. The molecule has 1 aliphatic rings. The van der Waals surface area contributed by atoms with Gasteiger partial charge in [0, 0.05) is 0 Å². The Morgan fingerprint density at radius 3 is 2.23 bits per heavy atom. The fourth-order valence-electron chi connectivity index (χ4n) is 2.97. The number of benzene rings is 1. The molecule has 1 aromatic rings. The molecule has 1 N–H and O–H groups in total. The van der Waals surface area contributed by atoms with Crippen molar-refractivity contribution in [2.24, 2.45) is 5.92 Å². The maximum atomic E-state index is 11.8. The summed E-state index contributed by atoms with van der Waals surface area (Å²) in [4.78, 5) is 11.8. The number of hydrogen-bond donors (Lipinski definition) is 1. The van der Waals surface area contributed by atoms with Crippen molar-refractivity contribution >= 4 is 5.97 Å². The average molecular weight is 306 g/mol. The quantitative estimate of drug-likeness (QED) is 0.817. The summed E-state index contributed by atoms with van der Waals surface area (Å²) in [5, 5.41) is 9.69. The van der Waals surface area contributed by atoms with Gasteiger partial charge >= 0.3 is 5.97 Å². The number of allylic oxidation sites excluding steroid dienone is 2. The molecule has 5 heteroatoms. The number of hydrogen-bond acceptors (Lipinski definition) is 4. The van der Waals surface area contributed by atoms with Crippen molar-refractivity contribution in [3.05, 3.63) is 29.8 Å². The van der Waals surface area contributed by atoms with Gasteiger partial charge in [-0.15, -0.1) is 0 Å². The topological polar surface area (TPSA) is 65.0 Å². The van der Waals surface area contributed by atoms with E-state index in [9.17, 15) is 9.90 Å². The zero-order valence-corrected chi connectivity index (χ0v) is 13.2. The van der Waals surface area contributed by atoms with Crippen LogP contribution in [0, 0.1) is 5.92 Å². The predicted octanol–water partition coefficient (Wildman–Crippen LogP) is 3.24. The molecule has 0 amide bonds. The van der Waals surface area contributed by atoms with Crippen LogP contribution in [0.1, 0.15) is 30.7 Å². The van der Waals surface area contributed by atoms with Gasteiger partial charge in [0.25, 0.3) is 0 Å². The Hall–Kier alpha value is -2.17. The number of carboxylic acid groups (broad SMARTS) is 1. The second kappa shape index (κ2) is 7.20. The second-order valence-corrected chi connectivity index (χ2v) is 5.30. The van der Waals surface area contributed by atoms with E-state index in [1.807, 2.05) is 6.08 Å². The maximum absolute atomic E-state index is 11.8. The molecule has 0 fully saturated rings. The number of ether oxygens (including phenoxy) is 3. The van der Waals surface area contributed by atoms with Gasteiger partial charge in [-0.1, -0.05) is 12.2 Å². The molecule has 0 aliphatic heterocycles. The number of aliphatic carboxylic acids is 1. The minimum atomic E-state index is -0.842. The van der Waals surface area contributed by atoms with E-state index < -0.39 is 11.9 Å². The smallest absolute Gasteiger partial charge is 0.311 e. The third kappa shape index (κ3) is 3.18. The second-order valence-electron chi connectivity index (χ2n) is 5.30. The lowest BCUT2D eigenvalue weighted by Gasteiger charge is -2.25. The molecule has 2 atom stereocenters. The first kappa shape index (κ1) is 16.2. The first-order valence-corrected chi connectivity index (χ1v) is 7.31. The highest BCUT2D eigenvalue weighted by Crippen LogP contribution is 2.42. The molecule has 2 rings (SSSR count). The highest BCUT2D eigenvalue weighted by atomic mass is 16.5. The third-order valence-corrected chi connectivity index (χ3v) is 4.03. The molecule has 0 heterocycles. The van der Waals surface area contributed by atoms with Gasteiger partial charge < -0.3 is 19.3 Å². The molecule has 5 nitrogen and oxygen atoms in total. The van der Waals surface area contributed by atoms with E-state index in [1.54, 1.807) is 12.1 Å². The monoisotopic (exact) mass is 306 g/mol. The minimum absolute atomic E-state index is 0.0194. The number of methoxy groups -OCH3 is 3. The van der Waals surface area contributed by atoms with Gasteiger partial charge in [0.15, 0.2) is 11.5 Å². The van der Waals surface area contributed by atoms with Crippen LogP contribution < -0.4 is 14.2 Å². The van der Waals surface area contributed by atoms with Crippen molar-refractivity contribution in [2.45, 2.75) is 25.2 Å². The summed E-state index contributed by atoms with van der Waals surface area (Å²) >= 11 is 0. The third-order valence-electron chi connectivity index (χ3n) is 4.03. The first-order chi connectivity index (χ1) is 10.6. The van der Waals surface area contributed by atoms with Crippen molar-refractivity contribution < 1.29 is 24.1 Å². The fourth-order valence-corrected chi connectivity index (χ4v) is 2.97. The van der Waals surface area contributed by atoms with Crippen LogP contribution in [0.3, 0.4) is 0 Å². The Kier molecular flexibility index (Phi) is 5.31. The molecule has 0 saturated carbocycles. The lowest BCUT2D eigenvalue weighted by molar-refractivity contribution is -0.139. The van der Waals surface area contributed by atoms with Crippen LogP contribution in [0.5, 0.6) is 17.2 Å². The Morgan fingerprint density at radius 2 is 1.82 bits per heavy atom. The maximum Gasteiger partial charge on any atom is 0.311 e. The van der Waals surface area contributed by atoms with Crippen molar-refractivity contribution in [2.75, 3.05) is 21.3 Å². The molecule has 120 valence electrons. The van der Waals surface area contributed by atoms with Crippen molar-refractivity contribution in [1.29, 1.82) is 0 Å². The largest absolute Gasteiger partial charge is 0.493 e. The highest BCUT2D eigenvalue weighted by molar-refractivity contribution is 5.78. The number of carboxylic acids is 1. The van der Waals surface area contributed by atoms with Gasteiger partial charge in [-0.3, -0.25) is 4.79 Å². The Bertz CT molecular complexity index is 539. The fraction of sp³-hybridized carbons (Fsp3) is 0.471. The van der Waals surface area contributed by atoms with Crippen LogP contribution in [0.2, 0.25) is 0 Å². The Labute approximate surface area is 130 Å². The van der Waals surface area contributed by atoms with E-state index in [0.29, 0.717) is 22.8 Å². The molecule has 22 heavy (non-hydrogen) atoms. The van der Waals surface area contributed by atoms with Crippen LogP contribution in [0.4, 0.5) is 0 Å². The molecule has 0 radical (unpaired) electrons. The summed E-state index contributed by atoms with van der Waals surface area (Å²) in [7, 11) is 4.58. The average Bonchev–Trinajstić information content (AvgIpc) is 2.54. The molecule has 1 unspecified atom stereocenters. The predicted molar refractivity (Wildman–Crippen MR) is 83.0 cm³/mol. The van der Waals surface area contributed by atoms with Gasteiger partial charge in [0.1, 0.15) is 0 Å². The zero-order valence-electron chi connectivity index (χ0n) is 13.2. The SMILES string of the molecule is COc1cc([C@@H](C(=O)O)C2C=CCCC2)cc(OC)c1OC. The normalized spacial score (nSPS) is 18.6. The molecule has 1 aliphatic carbocycles. The van der Waals surface area contributed by atoms with Crippen LogP contribution in [-0.4, -0.2) is 32.4 Å². The minimum Gasteiger partial charge on any atom is -0.493 e. The zero-order chi connectivity index (χ0) is 16.1. The summed E-state index contributed by atoms with van der Waals surface area (Å²) in [6, 6.07) is 3.45.